The number of thiazole rings is 1. The van der Waals surface area contributed by atoms with Crippen LogP contribution in [0.4, 0.5) is 5.13 Å². The summed E-state index contributed by atoms with van der Waals surface area (Å²) in [6.07, 6.45) is 1.78. The van der Waals surface area contributed by atoms with Gasteiger partial charge in [-0.1, -0.05) is 41.5 Å². The van der Waals surface area contributed by atoms with E-state index in [2.05, 4.69) is 57.1 Å². The third-order valence-corrected chi connectivity index (χ3v) is 4.61. The van der Waals surface area contributed by atoms with Crippen LogP contribution in [0.5, 0.6) is 5.75 Å². The molecule has 1 aromatic carbocycles. The molecule has 0 amide bonds. The summed E-state index contributed by atoms with van der Waals surface area (Å²) < 4.78 is 0. The molecule has 0 spiro atoms. The van der Waals surface area contributed by atoms with Gasteiger partial charge < -0.3 is 5.11 Å². The summed E-state index contributed by atoms with van der Waals surface area (Å²) in [5.74, 6) is 0.385. The molecule has 130 valence electrons. The number of hydrogen-bond acceptors (Lipinski definition) is 5. The van der Waals surface area contributed by atoms with Crippen LogP contribution in [0, 0.1) is 6.92 Å². The van der Waals surface area contributed by atoms with Gasteiger partial charge in [-0.25, -0.2) is 4.98 Å². The van der Waals surface area contributed by atoms with E-state index in [9.17, 15) is 5.11 Å². The van der Waals surface area contributed by atoms with Crippen molar-refractivity contribution < 1.29 is 5.11 Å². The van der Waals surface area contributed by atoms with Crippen molar-refractivity contribution in [3.05, 3.63) is 39.9 Å². The van der Waals surface area contributed by atoms with Crippen molar-refractivity contribution in [2.24, 2.45) is 5.10 Å². The number of aromatic nitrogens is 1. The first-order valence-corrected chi connectivity index (χ1v) is 8.95. The van der Waals surface area contributed by atoms with Crippen LogP contribution in [0.2, 0.25) is 0 Å². The number of phenolic OH excluding ortho intramolecular Hbond substituents is 1. The maximum atomic E-state index is 10.7. The van der Waals surface area contributed by atoms with Crippen molar-refractivity contribution in [2.45, 2.75) is 59.3 Å². The van der Waals surface area contributed by atoms with Gasteiger partial charge in [0.25, 0.3) is 0 Å². The maximum Gasteiger partial charge on any atom is 0.203 e. The lowest BCUT2D eigenvalue weighted by Crippen LogP contribution is -2.17. The number of anilines is 1. The minimum atomic E-state index is -0.145. The van der Waals surface area contributed by atoms with E-state index in [4.69, 9.17) is 0 Å². The molecule has 0 bridgehead atoms. The fourth-order valence-electron chi connectivity index (χ4n) is 2.44. The molecular weight excluding hydrogens is 318 g/mol. The molecule has 0 aliphatic rings. The predicted octanol–water partition coefficient (Wildman–Crippen LogP) is 5.20. The lowest BCUT2D eigenvalue weighted by molar-refractivity contribution is 0.423. The van der Waals surface area contributed by atoms with E-state index >= 15 is 0 Å². The fourth-order valence-corrected chi connectivity index (χ4v) is 3.08. The first-order valence-electron chi connectivity index (χ1n) is 8.07. The molecule has 0 atom stereocenters. The van der Waals surface area contributed by atoms with Crippen molar-refractivity contribution in [3.63, 3.8) is 0 Å². The molecule has 0 unspecified atom stereocenters. The number of nitrogens with zero attached hydrogens (tertiary/aromatic N) is 2. The number of benzene rings is 1. The highest BCUT2D eigenvalue weighted by Gasteiger charge is 2.26. The molecule has 4 nitrogen and oxygen atoms in total. The number of aryl methyl sites for hydroxylation is 1. The zero-order chi connectivity index (χ0) is 18.1. The molecule has 0 fully saturated rings. The normalized spacial score (nSPS) is 12.8. The topological polar surface area (TPSA) is 57.5 Å². The van der Waals surface area contributed by atoms with E-state index in [1.54, 1.807) is 6.21 Å². The summed E-state index contributed by atoms with van der Waals surface area (Å²) in [7, 11) is 0. The van der Waals surface area contributed by atoms with Crippen LogP contribution in [0.15, 0.2) is 22.6 Å². The average molecular weight is 346 g/mol. The first kappa shape index (κ1) is 18.5. The van der Waals surface area contributed by atoms with Gasteiger partial charge in [-0.15, -0.1) is 11.3 Å². The van der Waals surface area contributed by atoms with Gasteiger partial charge in [-0.05, 0) is 35.4 Å². The number of nitrogens with one attached hydrogen (secondary N) is 1. The quantitative estimate of drug-likeness (QED) is 0.594. The zero-order valence-corrected chi connectivity index (χ0v) is 16.4. The lowest BCUT2D eigenvalue weighted by Gasteiger charge is -2.27. The number of hydrazone groups is 1. The van der Waals surface area contributed by atoms with Gasteiger partial charge in [-0.3, -0.25) is 5.43 Å². The van der Waals surface area contributed by atoms with Gasteiger partial charge in [0.15, 0.2) is 0 Å². The Kier molecular flexibility index (Phi) is 5.04. The maximum absolute atomic E-state index is 10.7. The van der Waals surface area contributed by atoms with Crippen molar-refractivity contribution in [1.82, 2.24) is 4.98 Å². The highest BCUT2D eigenvalue weighted by molar-refractivity contribution is 7.13. The Labute approximate surface area is 148 Å². The minimum absolute atomic E-state index is 0.145. The summed E-state index contributed by atoms with van der Waals surface area (Å²) >= 11 is 1.53. The van der Waals surface area contributed by atoms with E-state index in [0.717, 1.165) is 27.5 Å². The van der Waals surface area contributed by atoms with Crippen LogP contribution >= 0.6 is 11.3 Å². The standard InChI is InChI=1S/C19H27N3OS/c1-12-11-24-17(21-12)22-20-10-13-8-14(18(2,3)4)16(23)15(9-13)19(5,6)7/h8-11,23H,1-7H3,(H,21,22). The summed E-state index contributed by atoms with van der Waals surface area (Å²) in [4.78, 5) is 4.32. The SMILES string of the molecule is Cc1csc(NN=Cc2cc(C(C)(C)C)c(O)c(C(C)(C)C)c2)n1. The molecule has 0 saturated carbocycles. The van der Waals surface area contributed by atoms with Gasteiger partial charge in [0, 0.05) is 16.5 Å². The summed E-state index contributed by atoms with van der Waals surface area (Å²) in [6.45, 7) is 14.6. The van der Waals surface area contributed by atoms with E-state index in [1.807, 2.05) is 24.4 Å². The summed E-state index contributed by atoms with van der Waals surface area (Å²) in [5.41, 5.74) is 6.47. The Morgan fingerprint density at radius 1 is 1.08 bits per heavy atom. The Morgan fingerprint density at radius 2 is 1.62 bits per heavy atom. The number of rotatable bonds is 3. The fraction of sp³-hybridized carbons (Fsp3) is 0.474. The minimum Gasteiger partial charge on any atom is -0.507 e. The number of aromatic hydroxyl groups is 1. The van der Waals surface area contributed by atoms with Gasteiger partial charge in [0.05, 0.1) is 11.9 Å². The second kappa shape index (κ2) is 6.55. The van der Waals surface area contributed by atoms with Crippen LogP contribution in [0.25, 0.3) is 0 Å². The van der Waals surface area contributed by atoms with E-state index in [-0.39, 0.29) is 10.8 Å². The molecule has 2 N–H and O–H groups in total. The Bertz CT molecular complexity index is 714. The Balaban J connectivity index is 2.39. The molecule has 2 aromatic rings. The number of hydrogen-bond donors (Lipinski definition) is 2. The van der Waals surface area contributed by atoms with Crippen LogP contribution in [0.1, 0.15) is 63.9 Å². The second-order valence-electron chi connectivity index (χ2n) is 8.13. The molecule has 24 heavy (non-hydrogen) atoms. The van der Waals surface area contributed by atoms with Crippen LogP contribution < -0.4 is 5.43 Å². The third-order valence-electron chi connectivity index (χ3n) is 3.74. The lowest BCUT2D eigenvalue weighted by atomic mass is 9.78. The molecule has 1 aromatic heterocycles. The number of phenols is 1. The Morgan fingerprint density at radius 3 is 2.04 bits per heavy atom. The molecular formula is C19H27N3OS. The highest BCUT2D eigenvalue weighted by atomic mass is 32.1. The predicted molar refractivity (Wildman–Crippen MR) is 104 cm³/mol. The largest absolute Gasteiger partial charge is 0.507 e. The van der Waals surface area contributed by atoms with Crippen molar-refractivity contribution in [2.75, 3.05) is 5.43 Å². The molecule has 0 radical (unpaired) electrons. The van der Waals surface area contributed by atoms with Gasteiger partial charge in [-0.2, -0.15) is 5.10 Å². The zero-order valence-electron chi connectivity index (χ0n) is 15.6. The molecule has 1 heterocycles. The molecule has 0 aliphatic heterocycles. The monoisotopic (exact) mass is 345 g/mol. The Hall–Kier alpha value is -1.88. The van der Waals surface area contributed by atoms with Crippen LogP contribution in [-0.2, 0) is 10.8 Å². The van der Waals surface area contributed by atoms with Gasteiger partial charge in [0.2, 0.25) is 5.13 Å². The summed E-state index contributed by atoms with van der Waals surface area (Å²) in [6, 6.07) is 4.01. The van der Waals surface area contributed by atoms with Crippen molar-refractivity contribution >= 4 is 22.7 Å². The smallest absolute Gasteiger partial charge is 0.203 e. The third kappa shape index (κ3) is 4.35. The molecule has 5 heteroatoms. The molecule has 0 saturated heterocycles. The van der Waals surface area contributed by atoms with E-state index in [1.165, 1.54) is 11.3 Å². The first-order chi connectivity index (χ1) is 11.0. The van der Waals surface area contributed by atoms with Crippen LogP contribution in [0.3, 0.4) is 0 Å². The summed E-state index contributed by atoms with van der Waals surface area (Å²) in [5, 5.41) is 17.8. The molecule has 0 aliphatic carbocycles. The van der Waals surface area contributed by atoms with Gasteiger partial charge in [0.1, 0.15) is 5.75 Å². The highest BCUT2D eigenvalue weighted by Crippen LogP contribution is 2.39. The van der Waals surface area contributed by atoms with Crippen LogP contribution in [-0.4, -0.2) is 16.3 Å². The van der Waals surface area contributed by atoms with Gasteiger partial charge >= 0.3 is 0 Å². The van der Waals surface area contributed by atoms with Crippen molar-refractivity contribution in [1.29, 1.82) is 0 Å². The average Bonchev–Trinajstić information content (AvgIpc) is 2.83. The van der Waals surface area contributed by atoms with E-state index < -0.39 is 0 Å². The second-order valence-corrected chi connectivity index (χ2v) is 8.99. The van der Waals surface area contributed by atoms with Crippen molar-refractivity contribution in [3.8, 4) is 5.75 Å². The van der Waals surface area contributed by atoms with E-state index in [0.29, 0.717) is 5.75 Å². The molecule has 2 rings (SSSR count).